The average Bonchev–Trinajstić information content (AvgIpc) is 3.01. The Morgan fingerprint density at radius 2 is 2.00 bits per heavy atom. The minimum absolute atomic E-state index is 0.418. The fourth-order valence-corrected chi connectivity index (χ4v) is 3.69. The van der Waals surface area contributed by atoms with Gasteiger partial charge < -0.3 is 10.2 Å². The lowest BCUT2D eigenvalue weighted by Crippen LogP contribution is -2.41. The third-order valence-electron chi connectivity index (χ3n) is 5.00. The molecule has 1 aliphatic rings. The second kappa shape index (κ2) is 7.93. The van der Waals surface area contributed by atoms with Gasteiger partial charge in [-0.15, -0.1) is 0 Å². The van der Waals surface area contributed by atoms with E-state index < -0.39 is 0 Å². The Bertz CT molecular complexity index is 664. The lowest BCUT2D eigenvalue weighted by Gasteiger charge is -2.39. The summed E-state index contributed by atoms with van der Waals surface area (Å²) < 4.78 is 2.01. The van der Waals surface area contributed by atoms with Crippen molar-refractivity contribution in [1.29, 1.82) is 0 Å². The van der Waals surface area contributed by atoms with Crippen LogP contribution in [-0.4, -0.2) is 58.9 Å². The first-order valence-electron chi connectivity index (χ1n) is 8.93. The number of hydrogen-bond donors (Lipinski definition) is 1. The van der Waals surface area contributed by atoms with E-state index in [-0.39, 0.29) is 0 Å². The Kier molecular flexibility index (Phi) is 5.65. The molecule has 0 saturated carbocycles. The van der Waals surface area contributed by atoms with Gasteiger partial charge in [0.15, 0.2) is 0 Å². The molecule has 0 radical (unpaired) electrons. The van der Waals surface area contributed by atoms with Crippen molar-refractivity contribution in [3.05, 3.63) is 35.9 Å². The van der Waals surface area contributed by atoms with Crippen molar-refractivity contribution in [2.75, 3.05) is 39.1 Å². The molecule has 7 nitrogen and oxygen atoms in total. The summed E-state index contributed by atoms with van der Waals surface area (Å²) >= 11 is 0. The van der Waals surface area contributed by atoms with Gasteiger partial charge in [0.05, 0.1) is 11.7 Å². The predicted molar refractivity (Wildman–Crippen MR) is 99.4 cm³/mol. The highest BCUT2D eigenvalue weighted by Crippen LogP contribution is 2.34. The van der Waals surface area contributed by atoms with Gasteiger partial charge in [0, 0.05) is 58.4 Å². The van der Waals surface area contributed by atoms with Gasteiger partial charge in [-0.2, -0.15) is 5.10 Å². The number of aryl methyl sites for hydroxylation is 1. The molecule has 0 aliphatic carbocycles. The third-order valence-corrected chi connectivity index (χ3v) is 5.00. The summed E-state index contributed by atoms with van der Waals surface area (Å²) in [5, 5.41) is 7.96. The lowest BCUT2D eigenvalue weighted by atomic mass is 9.87. The number of nitrogens with one attached hydrogen (secondary N) is 1. The molecule has 2 aromatic rings. The summed E-state index contributed by atoms with van der Waals surface area (Å²) in [6.45, 7) is 2.92. The van der Waals surface area contributed by atoms with Crippen molar-refractivity contribution in [2.24, 2.45) is 13.0 Å². The standard InChI is InChI=1S/C18H29N7/c1-23(2)18-20-11-14(12-21-18)10-19-13-15-6-5-9-24(3)17(15)16-7-8-22-25(16)4/h7-8,11-12,15,17,19H,5-6,9-10,13H2,1-4H3/t15-,17+/m0/s1. The topological polar surface area (TPSA) is 62.1 Å². The fraction of sp³-hybridized carbons (Fsp3) is 0.611. The van der Waals surface area contributed by atoms with E-state index in [0.717, 1.165) is 31.1 Å². The molecule has 0 amide bonds. The maximum atomic E-state index is 4.38. The van der Waals surface area contributed by atoms with Crippen LogP contribution in [0.4, 0.5) is 5.95 Å². The minimum atomic E-state index is 0.418. The minimum Gasteiger partial charge on any atom is -0.347 e. The van der Waals surface area contributed by atoms with Crippen LogP contribution in [0.3, 0.4) is 0 Å². The Morgan fingerprint density at radius 1 is 1.24 bits per heavy atom. The zero-order valence-corrected chi connectivity index (χ0v) is 15.7. The van der Waals surface area contributed by atoms with Crippen molar-refractivity contribution in [2.45, 2.75) is 25.4 Å². The Morgan fingerprint density at radius 3 is 2.64 bits per heavy atom. The van der Waals surface area contributed by atoms with Crippen molar-refractivity contribution in [1.82, 2.24) is 30.0 Å². The molecule has 1 saturated heterocycles. The lowest BCUT2D eigenvalue weighted by molar-refractivity contribution is 0.113. The number of hydrogen-bond acceptors (Lipinski definition) is 6. The van der Waals surface area contributed by atoms with Crippen LogP contribution in [0, 0.1) is 5.92 Å². The molecule has 3 heterocycles. The number of anilines is 1. The summed E-state index contributed by atoms with van der Waals surface area (Å²) in [6, 6.07) is 2.56. The molecule has 2 atom stereocenters. The van der Waals surface area contributed by atoms with E-state index in [1.165, 1.54) is 18.5 Å². The molecular formula is C18H29N7. The zero-order valence-electron chi connectivity index (χ0n) is 15.7. The van der Waals surface area contributed by atoms with Gasteiger partial charge in [-0.05, 0) is 38.4 Å². The monoisotopic (exact) mass is 343 g/mol. The largest absolute Gasteiger partial charge is 0.347 e. The third kappa shape index (κ3) is 4.16. The van der Waals surface area contributed by atoms with Crippen LogP contribution in [-0.2, 0) is 13.6 Å². The molecule has 1 fully saturated rings. The first-order chi connectivity index (χ1) is 12.1. The van der Waals surface area contributed by atoms with E-state index in [1.807, 2.05) is 49.3 Å². The summed E-state index contributed by atoms with van der Waals surface area (Å²) in [6.07, 6.45) is 8.19. The highest BCUT2D eigenvalue weighted by molar-refractivity contribution is 5.26. The summed E-state index contributed by atoms with van der Waals surface area (Å²) in [7, 11) is 8.15. The first kappa shape index (κ1) is 17.8. The van der Waals surface area contributed by atoms with Crippen LogP contribution in [0.5, 0.6) is 0 Å². The van der Waals surface area contributed by atoms with Gasteiger partial charge in [-0.1, -0.05) is 0 Å². The molecular weight excluding hydrogens is 314 g/mol. The Hall–Kier alpha value is -1.99. The molecule has 0 bridgehead atoms. The average molecular weight is 343 g/mol. The SMILES string of the molecule is CN(C)c1ncc(CNC[C@@H]2CCCN(C)[C@H]2c2ccnn2C)cn1. The van der Waals surface area contributed by atoms with Crippen LogP contribution in [0.2, 0.25) is 0 Å². The molecule has 7 heteroatoms. The number of likely N-dealkylation sites (tertiary alicyclic amines) is 1. The predicted octanol–water partition coefficient (Wildman–Crippen LogP) is 1.45. The molecule has 0 spiro atoms. The van der Waals surface area contributed by atoms with Crippen molar-refractivity contribution in [3.8, 4) is 0 Å². The van der Waals surface area contributed by atoms with Gasteiger partial charge in [0.2, 0.25) is 5.95 Å². The van der Waals surface area contributed by atoms with E-state index in [2.05, 4.69) is 38.4 Å². The van der Waals surface area contributed by atoms with Crippen molar-refractivity contribution < 1.29 is 0 Å². The summed E-state index contributed by atoms with van der Waals surface area (Å²) in [4.78, 5) is 13.1. The molecule has 1 N–H and O–H groups in total. The molecule has 1 aliphatic heterocycles. The number of rotatable bonds is 6. The molecule has 25 heavy (non-hydrogen) atoms. The molecule has 2 aromatic heterocycles. The summed E-state index contributed by atoms with van der Waals surface area (Å²) in [5.74, 6) is 1.32. The summed E-state index contributed by atoms with van der Waals surface area (Å²) in [5.41, 5.74) is 2.42. The maximum Gasteiger partial charge on any atom is 0.224 e. The molecule has 0 aromatic carbocycles. The maximum absolute atomic E-state index is 4.38. The molecule has 136 valence electrons. The van der Waals surface area contributed by atoms with Crippen molar-refractivity contribution in [3.63, 3.8) is 0 Å². The number of nitrogens with zero attached hydrogens (tertiary/aromatic N) is 6. The van der Waals surface area contributed by atoms with Gasteiger partial charge in [-0.3, -0.25) is 9.58 Å². The van der Waals surface area contributed by atoms with Crippen LogP contribution >= 0.6 is 0 Å². The van der Waals surface area contributed by atoms with E-state index in [0.29, 0.717) is 12.0 Å². The van der Waals surface area contributed by atoms with Crippen LogP contribution in [0.1, 0.15) is 30.1 Å². The fourth-order valence-electron chi connectivity index (χ4n) is 3.69. The second-order valence-electron chi connectivity index (χ2n) is 7.12. The quantitative estimate of drug-likeness (QED) is 0.857. The smallest absolute Gasteiger partial charge is 0.224 e. The van der Waals surface area contributed by atoms with Gasteiger partial charge in [0.1, 0.15) is 0 Å². The normalized spacial score (nSPS) is 21.4. The van der Waals surface area contributed by atoms with Crippen LogP contribution in [0.15, 0.2) is 24.7 Å². The molecule has 3 rings (SSSR count). The van der Waals surface area contributed by atoms with Crippen molar-refractivity contribution >= 4 is 5.95 Å². The van der Waals surface area contributed by atoms with Gasteiger partial charge in [0.25, 0.3) is 0 Å². The Balaban J connectivity index is 1.60. The van der Waals surface area contributed by atoms with E-state index in [1.54, 1.807) is 0 Å². The molecule has 0 unspecified atom stereocenters. The highest BCUT2D eigenvalue weighted by Gasteiger charge is 2.31. The van der Waals surface area contributed by atoms with Crippen LogP contribution < -0.4 is 10.2 Å². The number of piperidine rings is 1. The van der Waals surface area contributed by atoms with E-state index >= 15 is 0 Å². The van der Waals surface area contributed by atoms with Gasteiger partial charge in [-0.25, -0.2) is 9.97 Å². The first-order valence-corrected chi connectivity index (χ1v) is 8.93. The second-order valence-corrected chi connectivity index (χ2v) is 7.12. The van der Waals surface area contributed by atoms with E-state index in [4.69, 9.17) is 0 Å². The highest BCUT2D eigenvalue weighted by atomic mass is 15.3. The Labute approximate surface area is 150 Å². The zero-order chi connectivity index (χ0) is 17.8. The number of aromatic nitrogens is 4. The van der Waals surface area contributed by atoms with E-state index in [9.17, 15) is 0 Å². The van der Waals surface area contributed by atoms with Crippen LogP contribution in [0.25, 0.3) is 0 Å². The van der Waals surface area contributed by atoms with Gasteiger partial charge >= 0.3 is 0 Å².